The highest BCUT2D eigenvalue weighted by Crippen LogP contribution is 2.21. The van der Waals surface area contributed by atoms with Crippen LogP contribution in [0, 0.1) is 0 Å². The first kappa shape index (κ1) is 22.7. The van der Waals surface area contributed by atoms with Crippen LogP contribution in [-0.4, -0.2) is 91.6 Å². The maximum Gasteiger partial charge on any atom is 0.244 e. The molecule has 0 aromatic carbocycles. The second kappa shape index (κ2) is 10.4. The van der Waals surface area contributed by atoms with Crippen LogP contribution in [0.15, 0.2) is 45.8 Å². The van der Waals surface area contributed by atoms with Gasteiger partial charge in [0.05, 0.1) is 24.0 Å². The van der Waals surface area contributed by atoms with Gasteiger partial charge in [0, 0.05) is 56.9 Å². The molecule has 0 unspecified atom stereocenters. The topological polar surface area (TPSA) is 83.0 Å². The number of thioether (sulfide) groups is 1. The quantitative estimate of drug-likeness (QED) is 0.555. The third-order valence-corrected chi connectivity index (χ3v) is 9.02. The van der Waals surface area contributed by atoms with Gasteiger partial charge < -0.3 is 9.64 Å². The van der Waals surface area contributed by atoms with Gasteiger partial charge in [-0.25, -0.2) is 13.4 Å². The zero-order chi connectivity index (χ0) is 21.7. The summed E-state index contributed by atoms with van der Waals surface area (Å²) in [7, 11) is -3.55. The maximum atomic E-state index is 12.7. The van der Waals surface area contributed by atoms with E-state index in [1.165, 1.54) is 27.1 Å². The van der Waals surface area contributed by atoms with Crippen molar-refractivity contribution in [2.45, 2.75) is 16.5 Å². The lowest BCUT2D eigenvalue weighted by molar-refractivity contribution is -0.130. The number of aromatic nitrogens is 1. The molecule has 8 nitrogen and oxygen atoms in total. The van der Waals surface area contributed by atoms with Crippen LogP contribution in [0.5, 0.6) is 0 Å². The minimum absolute atomic E-state index is 0.0904. The second-order valence-electron chi connectivity index (χ2n) is 7.37. The highest BCUT2D eigenvalue weighted by Gasteiger charge is 2.27. The van der Waals surface area contributed by atoms with Crippen LogP contribution in [0.25, 0.3) is 0 Å². The molecule has 4 heterocycles. The van der Waals surface area contributed by atoms with E-state index >= 15 is 0 Å². The van der Waals surface area contributed by atoms with Gasteiger partial charge in [0.2, 0.25) is 15.9 Å². The Balaban J connectivity index is 1.24. The van der Waals surface area contributed by atoms with E-state index in [-0.39, 0.29) is 10.8 Å². The molecule has 0 atom stereocenters. The Kier molecular flexibility index (Phi) is 7.62. The molecule has 0 bridgehead atoms. The van der Waals surface area contributed by atoms with E-state index < -0.39 is 10.0 Å². The first-order chi connectivity index (χ1) is 15.0. The molecule has 0 N–H and O–H groups in total. The molecule has 31 heavy (non-hydrogen) atoms. The zero-order valence-corrected chi connectivity index (χ0v) is 19.6. The van der Waals surface area contributed by atoms with Crippen molar-refractivity contribution < 1.29 is 17.9 Å². The van der Waals surface area contributed by atoms with Gasteiger partial charge >= 0.3 is 0 Å². The lowest BCUT2D eigenvalue weighted by Crippen LogP contribution is -2.48. The maximum absolute atomic E-state index is 12.7. The third kappa shape index (κ3) is 5.85. The number of hydrogen-bond acceptors (Lipinski definition) is 8. The number of nitrogens with zero attached hydrogens (tertiary/aromatic N) is 4. The van der Waals surface area contributed by atoms with E-state index in [9.17, 15) is 13.2 Å². The van der Waals surface area contributed by atoms with Crippen LogP contribution in [0.4, 0.5) is 0 Å². The molecule has 0 radical (unpaired) electrons. The van der Waals surface area contributed by atoms with Gasteiger partial charge in [-0.1, -0.05) is 17.8 Å². The van der Waals surface area contributed by atoms with E-state index in [1.54, 1.807) is 23.5 Å². The van der Waals surface area contributed by atoms with E-state index in [0.717, 1.165) is 32.7 Å². The number of carbonyl (C=O) groups excluding carboxylic acids is 1. The number of hydrogen-bond donors (Lipinski definition) is 0. The smallest absolute Gasteiger partial charge is 0.244 e. The minimum Gasteiger partial charge on any atom is -0.379 e. The Morgan fingerprint density at radius 1 is 1.10 bits per heavy atom. The number of ether oxygens (including phenoxy) is 1. The van der Waals surface area contributed by atoms with Crippen molar-refractivity contribution in [2.24, 2.45) is 0 Å². The fourth-order valence-electron chi connectivity index (χ4n) is 3.55. The minimum atomic E-state index is -3.55. The number of piperazine rings is 1. The summed E-state index contributed by atoms with van der Waals surface area (Å²) in [5, 5.41) is 2.73. The van der Waals surface area contributed by atoms with Crippen molar-refractivity contribution in [3.05, 3.63) is 40.7 Å². The monoisotopic (exact) mass is 482 g/mol. The molecule has 2 aliphatic rings. The summed E-state index contributed by atoms with van der Waals surface area (Å²) in [5.74, 6) is 0.389. The van der Waals surface area contributed by atoms with Gasteiger partial charge in [-0.3, -0.25) is 9.69 Å². The molecule has 168 valence electrons. The number of pyridine rings is 1. The predicted molar refractivity (Wildman–Crippen MR) is 121 cm³/mol. The first-order valence-corrected chi connectivity index (χ1v) is 13.5. The summed E-state index contributed by atoms with van der Waals surface area (Å²) in [6, 6.07) is 7.44. The van der Waals surface area contributed by atoms with E-state index in [0.29, 0.717) is 37.1 Å². The van der Waals surface area contributed by atoms with Crippen molar-refractivity contribution in [3.63, 3.8) is 0 Å². The van der Waals surface area contributed by atoms with Gasteiger partial charge in [-0.15, -0.1) is 11.3 Å². The summed E-state index contributed by atoms with van der Waals surface area (Å²) < 4.78 is 32.0. The zero-order valence-electron chi connectivity index (χ0n) is 17.2. The summed E-state index contributed by atoms with van der Waals surface area (Å²) in [4.78, 5) is 22.6. The van der Waals surface area contributed by atoms with Crippen LogP contribution in [0.3, 0.4) is 0 Å². The Morgan fingerprint density at radius 2 is 1.87 bits per heavy atom. The second-order valence-corrected chi connectivity index (χ2v) is 11.3. The molecule has 2 aromatic heterocycles. The molecular formula is C20H26N4O4S3. The molecule has 2 saturated heterocycles. The molecule has 1 amide bonds. The summed E-state index contributed by atoms with van der Waals surface area (Å²) in [6.07, 6.45) is 1.38. The van der Waals surface area contributed by atoms with Gasteiger partial charge in [-0.2, -0.15) is 4.31 Å². The van der Waals surface area contributed by atoms with Crippen molar-refractivity contribution in [3.8, 4) is 0 Å². The van der Waals surface area contributed by atoms with Crippen LogP contribution in [0.2, 0.25) is 0 Å². The molecule has 2 fully saturated rings. The SMILES string of the molecule is O=C(CSc1ccc(S(=O)(=O)N2CCOCC2)cn1)N1CCN(Cc2cccs2)CC1. The van der Waals surface area contributed by atoms with Gasteiger partial charge in [-0.05, 0) is 23.6 Å². The Morgan fingerprint density at radius 3 is 2.52 bits per heavy atom. The van der Waals surface area contributed by atoms with Crippen LogP contribution < -0.4 is 0 Å². The molecule has 4 rings (SSSR count). The molecule has 0 aliphatic carbocycles. The lowest BCUT2D eigenvalue weighted by atomic mass is 10.3. The number of sulfonamides is 1. The van der Waals surface area contributed by atoms with E-state index in [4.69, 9.17) is 4.74 Å². The number of morpholine rings is 1. The molecule has 0 saturated carbocycles. The van der Waals surface area contributed by atoms with Crippen molar-refractivity contribution >= 4 is 39.0 Å². The number of carbonyl (C=O) groups is 1. The average molecular weight is 483 g/mol. The molecular weight excluding hydrogens is 456 g/mol. The fraction of sp³-hybridized carbons (Fsp3) is 0.500. The van der Waals surface area contributed by atoms with Crippen LogP contribution in [0.1, 0.15) is 4.88 Å². The Bertz CT molecular complexity index is 953. The van der Waals surface area contributed by atoms with Crippen molar-refractivity contribution in [1.82, 2.24) is 19.1 Å². The van der Waals surface area contributed by atoms with Gasteiger partial charge in [0.1, 0.15) is 4.90 Å². The fourth-order valence-corrected chi connectivity index (χ4v) is 6.39. The highest BCUT2D eigenvalue weighted by molar-refractivity contribution is 7.99. The van der Waals surface area contributed by atoms with Gasteiger partial charge in [0.25, 0.3) is 0 Å². The molecule has 2 aliphatic heterocycles. The normalized spacial score (nSPS) is 18.9. The highest BCUT2D eigenvalue weighted by atomic mass is 32.2. The van der Waals surface area contributed by atoms with Gasteiger partial charge in [0.15, 0.2) is 0 Å². The number of thiophene rings is 1. The molecule has 0 spiro atoms. The molecule has 2 aromatic rings. The number of amides is 1. The Labute approximate surface area is 191 Å². The number of rotatable bonds is 7. The van der Waals surface area contributed by atoms with Crippen molar-refractivity contribution in [2.75, 3.05) is 58.2 Å². The average Bonchev–Trinajstić information content (AvgIpc) is 3.32. The standard InChI is InChI=1S/C20H26N4O4S3/c25-20(23-7-5-22(6-8-23)15-17-2-1-13-29-17)16-30-19-4-3-18(14-21-19)31(26,27)24-9-11-28-12-10-24/h1-4,13-14H,5-12,15-16H2. The summed E-state index contributed by atoms with van der Waals surface area (Å²) >= 11 is 3.10. The van der Waals surface area contributed by atoms with E-state index in [2.05, 4.69) is 27.4 Å². The van der Waals surface area contributed by atoms with E-state index in [1.807, 2.05) is 4.90 Å². The lowest BCUT2D eigenvalue weighted by Gasteiger charge is -2.34. The van der Waals surface area contributed by atoms with Crippen LogP contribution in [-0.2, 0) is 26.1 Å². The van der Waals surface area contributed by atoms with Crippen LogP contribution >= 0.6 is 23.1 Å². The third-order valence-electron chi connectivity index (χ3n) is 5.35. The first-order valence-electron chi connectivity index (χ1n) is 10.2. The summed E-state index contributed by atoms with van der Waals surface area (Å²) in [6.45, 7) is 5.68. The van der Waals surface area contributed by atoms with Crippen molar-refractivity contribution in [1.29, 1.82) is 0 Å². The largest absolute Gasteiger partial charge is 0.379 e. The summed E-state index contributed by atoms with van der Waals surface area (Å²) in [5.41, 5.74) is 0. The molecule has 11 heteroatoms. The predicted octanol–water partition coefficient (Wildman–Crippen LogP) is 1.60. The Hall–Kier alpha value is -1.50.